The number of nitrogens with one attached hydrogen (secondary N) is 6. The average molecular weight is 675 g/mol. The van der Waals surface area contributed by atoms with E-state index in [9.17, 15) is 28.4 Å². The number of hydrogen-bond donors (Lipinski definition) is 6. The van der Waals surface area contributed by atoms with E-state index in [4.69, 9.17) is 9.47 Å². The van der Waals surface area contributed by atoms with Gasteiger partial charge in [-0.2, -0.15) is 0 Å². The first-order valence-corrected chi connectivity index (χ1v) is 15.9. The first-order chi connectivity index (χ1) is 23.7. The Labute approximate surface area is 282 Å². The van der Waals surface area contributed by atoms with Crippen LogP contribution >= 0.6 is 0 Å². The highest BCUT2D eigenvalue weighted by atomic mass is 19.1. The molecule has 14 heteroatoms. The fourth-order valence-corrected chi connectivity index (χ4v) is 5.56. The molecule has 3 aromatic rings. The van der Waals surface area contributed by atoms with Gasteiger partial charge in [-0.3, -0.25) is 19.2 Å². The van der Waals surface area contributed by atoms with E-state index in [1.54, 1.807) is 24.3 Å². The monoisotopic (exact) mass is 674 g/mol. The van der Waals surface area contributed by atoms with Crippen LogP contribution in [0.5, 0.6) is 0 Å². The lowest BCUT2D eigenvalue weighted by molar-refractivity contribution is -0.131. The smallest absolute Gasteiger partial charge is 0.407 e. The fraction of sp³-hybridized carbons (Fsp3) is 0.343. The molecule has 0 unspecified atom stereocenters. The van der Waals surface area contributed by atoms with Crippen LogP contribution in [0.15, 0.2) is 78.9 Å². The van der Waals surface area contributed by atoms with Gasteiger partial charge in [0.2, 0.25) is 23.6 Å². The maximum atomic E-state index is 13.9. The van der Waals surface area contributed by atoms with Crippen molar-refractivity contribution in [3.63, 3.8) is 0 Å². The summed E-state index contributed by atoms with van der Waals surface area (Å²) in [5.41, 5.74) is 3.61. The van der Waals surface area contributed by atoms with Gasteiger partial charge in [-0.25, -0.2) is 9.18 Å². The second-order valence-electron chi connectivity index (χ2n) is 11.8. The van der Waals surface area contributed by atoms with Crippen LogP contribution in [0.2, 0.25) is 0 Å². The molecule has 1 aliphatic heterocycles. The van der Waals surface area contributed by atoms with Crippen molar-refractivity contribution in [2.75, 3.05) is 52.7 Å². The molecule has 0 spiro atoms. The number of benzene rings is 3. The molecule has 1 saturated heterocycles. The van der Waals surface area contributed by atoms with E-state index in [0.717, 1.165) is 27.8 Å². The third kappa shape index (κ3) is 9.84. The molecule has 5 rings (SSSR count). The maximum Gasteiger partial charge on any atom is 0.407 e. The van der Waals surface area contributed by atoms with Gasteiger partial charge in [0.25, 0.3) is 0 Å². The van der Waals surface area contributed by atoms with Crippen LogP contribution in [0, 0.1) is 0 Å². The van der Waals surface area contributed by atoms with E-state index in [0.29, 0.717) is 0 Å². The Kier molecular flexibility index (Phi) is 11.9. The van der Waals surface area contributed by atoms with E-state index in [1.165, 1.54) is 0 Å². The molecule has 0 aromatic heterocycles. The number of hydrogen-bond acceptors (Lipinski definition) is 8. The van der Waals surface area contributed by atoms with Gasteiger partial charge in [-0.15, -0.1) is 0 Å². The van der Waals surface area contributed by atoms with Gasteiger partial charge >= 0.3 is 6.09 Å². The number of ether oxygens (including phenoxy) is 2. The SMILES string of the molecule is O=C(CNC(=O)OCC1c2ccccc2-c2ccccc21)NCC(=O)N[C@@H](Cc1ccccc1)C(=O)NCC(=O)NCOCC1(F)CNC1. The predicted octanol–water partition coefficient (Wildman–Crippen LogP) is 0.887. The van der Waals surface area contributed by atoms with Crippen LogP contribution in [0.4, 0.5) is 9.18 Å². The number of alkyl carbamates (subject to hydrolysis) is 1. The van der Waals surface area contributed by atoms with Gasteiger partial charge in [0.1, 0.15) is 25.9 Å². The molecule has 49 heavy (non-hydrogen) atoms. The maximum absolute atomic E-state index is 13.9. The van der Waals surface area contributed by atoms with Crippen LogP contribution in [0.1, 0.15) is 22.6 Å². The zero-order valence-corrected chi connectivity index (χ0v) is 26.8. The Balaban J connectivity index is 1.03. The zero-order valence-electron chi connectivity index (χ0n) is 26.8. The molecule has 2 aliphatic rings. The minimum atomic E-state index is -1.44. The quantitative estimate of drug-likeness (QED) is 0.0959. The molecular formula is C35H39FN6O7. The van der Waals surface area contributed by atoms with Gasteiger partial charge < -0.3 is 41.4 Å². The van der Waals surface area contributed by atoms with Crippen molar-refractivity contribution in [2.45, 2.75) is 24.0 Å². The normalized spacial score (nSPS) is 14.6. The topological polar surface area (TPSA) is 176 Å². The van der Waals surface area contributed by atoms with Crippen molar-refractivity contribution in [3.8, 4) is 11.1 Å². The van der Waals surface area contributed by atoms with Crippen molar-refractivity contribution in [1.29, 1.82) is 0 Å². The van der Waals surface area contributed by atoms with Crippen LogP contribution in [0.3, 0.4) is 0 Å². The Bertz CT molecular complexity index is 1610. The molecule has 13 nitrogen and oxygen atoms in total. The summed E-state index contributed by atoms with van der Waals surface area (Å²) in [5.74, 6) is -2.62. The third-order valence-electron chi connectivity index (χ3n) is 8.16. The lowest BCUT2D eigenvalue weighted by atomic mass is 9.98. The highest BCUT2D eigenvalue weighted by Gasteiger charge is 2.37. The van der Waals surface area contributed by atoms with Crippen LogP contribution in [0.25, 0.3) is 11.1 Å². The number of carbonyl (C=O) groups excluding carboxylic acids is 5. The summed E-state index contributed by atoms with van der Waals surface area (Å²) in [4.78, 5) is 62.6. The molecule has 5 amide bonds. The number of alkyl halides is 1. The number of amides is 5. The molecule has 1 aliphatic carbocycles. The Hall–Kier alpha value is -5.34. The standard InChI is InChI=1S/C35H39FN6O7/c36-35(19-37-20-35)21-48-22-41-31(44)15-39-33(46)29(14-23-8-2-1-3-9-23)42-32(45)17-38-30(43)16-40-34(47)49-18-28-26-12-6-4-10-24(26)25-11-5-7-13-27(25)28/h1-13,28-29,37H,14-22H2,(H,38,43)(H,39,46)(H,40,47)(H,41,44)(H,42,45)/t29-/m0/s1. The van der Waals surface area contributed by atoms with Crippen molar-refractivity contribution >= 4 is 29.7 Å². The van der Waals surface area contributed by atoms with Gasteiger partial charge in [0.15, 0.2) is 5.67 Å². The third-order valence-corrected chi connectivity index (χ3v) is 8.16. The molecule has 6 N–H and O–H groups in total. The molecule has 1 atom stereocenters. The van der Waals surface area contributed by atoms with E-state index in [2.05, 4.69) is 31.9 Å². The number of halogens is 1. The summed E-state index contributed by atoms with van der Waals surface area (Å²) in [6.07, 6.45) is -0.661. The highest BCUT2D eigenvalue weighted by molar-refractivity contribution is 5.92. The first-order valence-electron chi connectivity index (χ1n) is 15.9. The second-order valence-corrected chi connectivity index (χ2v) is 11.8. The largest absolute Gasteiger partial charge is 0.449 e. The number of rotatable bonds is 16. The Morgan fingerprint density at radius 2 is 1.35 bits per heavy atom. The van der Waals surface area contributed by atoms with Crippen molar-refractivity contribution in [2.24, 2.45) is 0 Å². The summed E-state index contributed by atoms with van der Waals surface area (Å²) < 4.78 is 24.5. The molecule has 0 saturated carbocycles. The Morgan fingerprint density at radius 3 is 2.00 bits per heavy atom. The van der Waals surface area contributed by atoms with E-state index in [-0.39, 0.29) is 45.4 Å². The minimum Gasteiger partial charge on any atom is -0.449 e. The fourth-order valence-electron chi connectivity index (χ4n) is 5.56. The zero-order chi connectivity index (χ0) is 34.6. The first kappa shape index (κ1) is 35.0. The molecular weight excluding hydrogens is 635 g/mol. The molecule has 0 radical (unpaired) electrons. The summed E-state index contributed by atoms with van der Waals surface area (Å²) in [5, 5.41) is 15.1. The van der Waals surface area contributed by atoms with Crippen molar-refractivity contribution < 1.29 is 37.8 Å². The predicted molar refractivity (Wildman–Crippen MR) is 177 cm³/mol. The highest BCUT2D eigenvalue weighted by Crippen LogP contribution is 2.44. The minimum absolute atomic E-state index is 0.0852. The molecule has 1 heterocycles. The second kappa shape index (κ2) is 16.7. The molecule has 258 valence electrons. The lowest BCUT2D eigenvalue weighted by Gasteiger charge is -2.34. The molecule has 1 fully saturated rings. The van der Waals surface area contributed by atoms with Gasteiger partial charge in [-0.05, 0) is 27.8 Å². The number of carbonyl (C=O) groups is 5. The number of fused-ring (bicyclic) bond motifs is 3. The summed E-state index contributed by atoms with van der Waals surface area (Å²) >= 11 is 0. The van der Waals surface area contributed by atoms with Gasteiger partial charge in [-0.1, -0.05) is 78.9 Å². The molecule has 0 bridgehead atoms. The van der Waals surface area contributed by atoms with Crippen molar-refractivity contribution in [3.05, 3.63) is 95.6 Å². The average Bonchev–Trinajstić information content (AvgIpc) is 3.42. The summed E-state index contributed by atoms with van der Waals surface area (Å²) in [6, 6.07) is 23.7. The van der Waals surface area contributed by atoms with Crippen molar-refractivity contribution in [1.82, 2.24) is 31.9 Å². The summed E-state index contributed by atoms with van der Waals surface area (Å²) in [7, 11) is 0. The Morgan fingerprint density at radius 1 is 0.755 bits per heavy atom. The van der Waals surface area contributed by atoms with Gasteiger partial charge in [0, 0.05) is 25.4 Å². The van der Waals surface area contributed by atoms with E-state index >= 15 is 0 Å². The van der Waals surface area contributed by atoms with Crippen LogP contribution < -0.4 is 31.9 Å². The summed E-state index contributed by atoms with van der Waals surface area (Å²) in [6.45, 7) is -1.22. The van der Waals surface area contributed by atoms with Gasteiger partial charge in [0.05, 0.1) is 19.7 Å². The van der Waals surface area contributed by atoms with E-state index < -0.39 is 61.1 Å². The van der Waals surface area contributed by atoms with E-state index in [1.807, 2.05) is 54.6 Å². The van der Waals surface area contributed by atoms with Crippen LogP contribution in [-0.4, -0.2) is 94.1 Å². The lowest BCUT2D eigenvalue weighted by Crippen LogP contribution is -2.59. The van der Waals surface area contributed by atoms with Crippen LogP contribution in [-0.2, 0) is 35.1 Å². The molecule has 3 aromatic carbocycles.